The molecule has 0 aliphatic carbocycles. The third-order valence-electron chi connectivity index (χ3n) is 5.02. The van der Waals surface area contributed by atoms with Gasteiger partial charge in [0.2, 0.25) is 0 Å². The van der Waals surface area contributed by atoms with Crippen LogP contribution in [-0.2, 0) is 6.42 Å². The molecule has 1 N–H and O–H groups in total. The van der Waals surface area contributed by atoms with Crippen molar-refractivity contribution >= 4 is 0 Å². The molecule has 1 atom stereocenters. The molecular weight excluding hydrogens is 258 g/mol. The number of hydrogen-bond acceptors (Lipinski definition) is 2. The van der Waals surface area contributed by atoms with Crippen LogP contribution in [0.4, 0.5) is 0 Å². The molecule has 0 amide bonds. The summed E-state index contributed by atoms with van der Waals surface area (Å²) < 4.78 is 0. The van der Waals surface area contributed by atoms with Gasteiger partial charge in [0.25, 0.3) is 0 Å². The molecular formula is C19H33NO. The Kier molecular flexibility index (Phi) is 7.98. The lowest BCUT2D eigenvalue weighted by Crippen LogP contribution is -2.56. The summed E-state index contributed by atoms with van der Waals surface area (Å²) in [5, 5.41) is 10.8. The van der Waals surface area contributed by atoms with Crippen molar-refractivity contribution in [1.82, 2.24) is 4.90 Å². The van der Waals surface area contributed by atoms with Crippen molar-refractivity contribution in [3.63, 3.8) is 0 Å². The second-order valence-electron chi connectivity index (χ2n) is 5.88. The number of nitrogens with zero attached hydrogens (tertiary/aromatic N) is 1. The van der Waals surface area contributed by atoms with Gasteiger partial charge < -0.3 is 5.11 Å². The minimum Gasteiger partial charge on any atom is -0.391 e. The number of aliphatic hydroxyl groups is 1. The van der Waals surface area contributed by atoms with Crippen LogP contribution in [0.15, 0.2) is 30.3 Å². The molecule has 0 spiro atoms. The number of hydrogen-bond donors (Lipinski definition) is 1. The SMILES string of the molecule is CCN(CC)C(CC)(CC)C(O)CCCc1ccccc1. The normalized spacial score (nSPS) is 13.6. The van der Waals surface area contributed by atoms with Gasteiger partial charge in [-0.2, -0.15) is 0 Å². The highest BCUT2D eigenvalue weighted by atomic mass is 16.3. The summed E-state index contributed by atoms with van der Waals surface area (Å²) in [5.74, 6) is 0. The highest BCUT2D eigenvalue weighted by molar-refractivity contribution is 5.14. The molecule has 1 aromatic rings. The minimum atomic E-state index is -0.240. The summed E-state index contributed by atoms with van der Waals surface area (Å²) >= 11 is 0. The Hall–Kier alpha value is -0.860. The van der Waals surface area contributed by atoms with E-state index in [1.54, 1.807) is 0 Å². The van der Waals surface area contributed by atoms with Crippen LogP contribution in [0.3, 0.4) is 0 Å². The summed E-state index contributed by atoms with van der Waals surface area (Å²) in [4.78, 5) is 2.44. The van der Waals surface area contributed by atoms with Crippen molar-refractivity contribution in [2.45, 2.75) is 71.4 Å². The lowest BCUT2D eigenvalue weighted by Gasteiger charge is -2.46. The van der Waals surface area contributed by atoms with Gasteiger partial charge in [0, 0.05) is 5.54 Å². The van der Waals surface area contributed by atoms with Crippen molar-refractivity contribution < 1.29 is 5.11 Å². The molecule has 0 bridgehead atoms. The van der Waals surface area contributed by atoms with E-state index in [1.165, 1.54) is 5.56 Å². The molecule has 0 heterocycles. The zero-order chi connectivity index (χ0) is 15.7. The van der Waals surface area contributed by atoms with E-state index in [4.69, 9.17) is 0 Å². The van der Waals surface area contributed by atoms with Crippen LogP contribution in [0.2, 0.25) is 0 Å². The monoisotopic (exact) mass is 291 g/mol. The van der Waals surface area contributed by atoms with E-state index in [-0.39, 0.29) is 11.6 Å². The first-order chi connectivity index (χ1) is 10.1. The van der Waals surface area contributed by atoms with E-state index in [9.17, 15) is 5.11 Å². The van der Waals surface area contributed by atoms with Gasteiger partial charge in [-0.1, -0.05) is 58.0 Å². The van der Waals surface area contributed by atoms with Crippen LogP contribution in [0.5, 0.6) is 0 Å². The lowest BCUT2D eigenvalue weighted by atomic mass is 9.82. The van der Waals surface area contributed by atoms with Crippen LogP contribution in [0.1, 0.15) is 58.9 Å². The first-order valence-electron chi connectivity index (χ1n) is 8.61. The van der Waals surface area contributed by atoms with Gasteiger partial charge in [-0.15, -0.1) is 0 Å². The van der Waals surface area contributed by atoms with Gasteiger partial charge in [-0.25, -0.2) is 0 Å². The van der Waals surface area contributed by atoms with Crippen molar-refractivity contribution in [2.75, 3.05) is 13.1 Å². The van der Waals surface area contributed by atoms with Crippen LogP contribution in [0, 0.1) is 0 Å². The van der Waals surface area contributed by atoms with Gasteiger partial charge in [0.05, 0.1) is 6.10 Å². The van der Waals surface area contributed by atoms with E-state index in [0.29, 0.717) is 0 Å². The predicted octanol–water partition coefficient (Wildman–Crippen LogP) is 4.27. The van der Waals surface area contributed by atoms with E-state index in [1.807, 2.05) is 0 Å². The summed E-state index contributed by atoms with van der Waals surface area (Å²) in [5.41, 5.74) is 1.31. The minimum absolute atomic E-state index is 0.0554. The highest BCUT2D eigenvalue weighted by Gasteiger charge is 2.38. The number of aryl methyl sites for hydroxylation is 1. The number of aliphatic hydroxyl groups excluding tert-OH is 1. The predicted molar refractivity (Wildman–Crippen MR) is 91.6 cm³/mol. The molecule has 2 heteroatoms. The maximum Gasteiger partial charge on any atom is 0.0723 e. The maximum absolute atomic E-state index is 10.8. The Labute approximate surface area is 131 Å². The lowest BCUT2D eigenvalue weighted by molar-refractivity contribution is -0.0391. The quantitative estimate of drug-likeness (QED) is 0.696. The molecule has 0 radical (unpaired) electrons. The fourth-order valence-corrected chi connectivity index (χ4v) is 3.65. The van der Waals surface area contributed by atoms with Crippen LogP contribution >= 0.6 is 0 Å². The molecule has 1 aromatic carbocycles. The van der Waals surface area contributed by atoms with Gasteiger partial charge in [0.1, 0.15) is 0 Å². The molecule has 2 nitrogen and oxygen atoms in total. The Morgan fingerprint density at radius 1 is 1.00 bits per heavy atom. The van der Waals surface area contributed by atoms with Crippen LogP contribution in [-0.4, -0.2) is 34.7 Å². The molecule has 0 saturated heterocycles. The largest absolute Gasteiger partial charge is 0.391 e. The molecule has 1 unspecified atom stereocenters. The molecule has 0 aromatic heterocycles. The zero-order valence-corrected chi connectivity index (χ0v) is 14.3. The van der Waals surface area contributed by atoms with Crippen molar-refractivity contribution in [2.24, 2.45) is 0 Å². The summed E-state index contributed by atoms with van der Waals surface area (Å²) in [6, 6.07) is 10.6. The Bertz CT molecular complexity index is 368. The van der Waals surface area contributed by atoms with Gasteiger partial charge >= 0.3 is 0 Å². The molecule has 120 valence electrons. The Balaban J connectivity index is 2.62. The topological polar surface area (TPSA) is 23.5 Å². The van der Waals surface area contributed by atoms with Crippen molar-refractivity contribution in [3.8, 4) is 0 Å². The van der Waals surface area contributed by atoms with Crippen LogP contribution in [0.25, 0.3) is 0 Å². The average molecular weight is 291 g/mol. The summed E-state index contributed by atoms with van der Waals surface area (Å²) in [6.45, 7) is 10.8. The number of benzene rings is 1. The molecule has 1 rings (SSSR count). The third kappa shape index (κ3) is 4.55. The number of rotatable bonds is 10. The average Bonchev–Trinajstić information content (AvgIpc) is 2.53. The van der Waals surface area contributed by atoms with E-state index in [2.05, 4.69) is 62.9 Å². The zero-order valence-electron chi connectivity index (χ0n) is 14.3. The first kappa shape index (κ1) is 18.2. The van der Waals surface area contributed by atoms with Gasteiger partial charge in [-0.3, -0.25) is 4.90 Å². The van der Waals surface area contributed by atoms with E-state index in [0.717, 1.165) is 45.2 Å². The van der Waals surface area contributed by atoms with Crippen molar-refractivity contribution in [1.29, 1.82) is 0 Å². The fourth-order valence-electron chi connectivity index (χ4n) is 3.65. The first-order valence-corrected chi connectivity index (χ1v) is 8.61. The molecule has 21 heavy (non-hydrogen) atoms. The number of likely N-dealkylation sites (N-methyl/N-ethyl adjacent to an activating group) is 1. The van der Waals surface area contributed by atoms with E-state index < -0.39 is 0 Å². The molecule has 0 aliphatic rings. The van der Waals surface area contributed by atoms with Gasteiger partial charge in [-0.05, 0) is 50.8 Å². The standard InChI is InChI=1S/C19H33NO/c1-5-19(6-2,20(7-3)8-4)18(21)16-12-15-17-13-10-9-11-14-17/h9-11,13-14,18,21H,5-8,12,15-16H2,1-4H3. The third-order valence-corrected chi connectivity index (χ3v) is 5.02. The Morgan fingerprint density at radius 2 is 1.57 bits per heavy atom. The van der Waals surface area contributed by atoms with Crippen molar-refractivity contribution in [3.05, 3.63) is 35.9 Å². The molecule has 0 saturated carbocycles. The molecule has 0 fully saturated rings. The molecule has 0 aliphatic heterocycles. The van der Waals surface area contributed by atoms with Crippen LogP contribution < -0.4 is 0 Å². The smallest absolute Gasteiger partial charge is 0.0723 e. The van der Waals surface area contributed by atoms with Gasteiger partial charge in [0.15, 0.2) is 0 Å². The summed E-state index contributed by atoms with van der Waals surface area (Å²) in [6.07, 6.45) is 4.77. The highest BCUT2D eigenvalue weighted by Crippen LogP contribution is 2.30. The maximum atomic E-state index is 10.8. The summed E-state index contributed by atoms with van der Waals surface area (Å²) in [7, 11) is 0. The Morgan fingerprint density at radius 3 is 2.05 bits per heavy atom. The van der Waals surface area contributed by atoms with E-state index >= 15 is 0 Å². The second kappa shape index (κ2) is 9.22. The fraction of sp³-hybridized carbons (Fsp3) is 0.684. The second-order valence-corrected chi connectivity index (χ2v) is 5.88.